The first-order valence-electron chi connectivity index (χ1n) is 7.48. The first-order valence-corrected chi connectivity index (χ1v) is 9.25. The SMILES string of the molecule is CSCC[C@H](N)C(=O)Nc1ccc(C(=O)NCC(C)C)c(Cl)c1.Cl. The van der Waals surface area contributed by atoms with Gasteiger partial charge in [-0.05, 0) is 42.5 Å². The molecule has 0 aromatic heterocycles. The Morgan fingerprint density at radius 3 is 2.54 bits per heavy atom. The maximum absolute atomic E-state index is 12.0. The van der Waals surface area contributed by atoms with E-state index in [0.717, 1.165) is 5.75 Å². The molecule has 136 valence electrons. The van der Waals surface area contributed by atoms with Crippen molar-refractivity contribution in [2.75, 3.05) is 23.9 Å². The number of amides is 2. The molecule has 0 saturated heterocycles. The molecule has 2 amide bonds. The zero-order valence-corrected chi connectivity index (χ0v) is 16.5. The minimum atomic E-state index is -0.560. The number of nitrogens with two attached hydrogens (primary N) is 1. The Kier molecular flexibility index (Phi) is 11.1. The quantitative estimate of drug-likeness (QED) is 0.632. The Labute approximate surface area is 158 Å². The molecule has 0 fully saturated rings. The van der Waals surface area contributed by atoms with Gasteiger partial charge in [-0.2, -0.15) is 11.8 Å². The molecule has 0 radical (unpaired) electrons. The summed E-state index contributed by atoms with van der Waals surface area (Å²) in [6, 6.07) is 4.25. The normalized spacial score (nSPS) is 11.6. The molecule has 1 rings (SSSR count). The van der Waals surface area contributed by atoms with E-state index in [1.807, 2.05) is 20.1 Å². The van der Waals surface area contributed by atoms with Gasteiger partial charge in [0.25, 0.3) is 5.91 Å². The molecule has 0 saturated carbocycles. The predicted molar refractivity (Wildman–Crippen MR) is 105 cm³/mol. The molecule has 0 heterocycles. The Hall–Kier alpha value is -0.950. The average Bonchev–Trinajstić information content (AvgIpc) is 2.50. The fraction of sp³-hybridized carbons (Fsp3) is 0.500. The van der Waals surface area contributed by atoms with Crippen molar-refractivity contribution in [2.45, 2.75) is 26.3 Å². The molecular formula is C16H25Cl2N3O2S. The summed E-state index contributed by atoms with van der Waals surface area (Å²) in [6.45, 7) is 4.61. The molecule has 4 N–H and O–H groups in total. The number of rotatable bonds is 8. The molecule has 8 heteroatoms. The Morgan fingerprint density at radius 1 is 1.33 bits per heavy atom. The highest BCUT2D eigenvalue weighted by molar-refractivity contribution is 7.98. The minimum absolute atomic E-state index is 0. The van der Waals surface area contributed by atoms with Crippen molar-refractivity contribution in [3.63, 3.8) is 0 Å². The summed E-state index contributed by atoms with van der Waals surface area (Å²) in [4.78, 5) is 24.0. The Bertz CT molecular complexity index is 556. The molecule has 5 nitrogen and oxygen atoms in total. The maximum Gasteiger partial charge on any atom is 0.252 e. The smallest absolute Gasteiger partial charge is 0.252 e. The third-order valence-electron chi connectivity index (χ3n) is 3.12. The van der Waals surface area contributed by atoms with Crippen LogP contribution in [-0.2, 0) is 4.79 Å². The number of thioether (sulfide) groups is 1. The van der Waals surface area contributed by atoms with Crippen LogP contribution in [0.15, 0.2) is 18.2 Å². The number of carbonyl (C=O) groups is 2. The van der Waals surface area contributed by atoms with Crippen LogP contribution in [0, 0.1) is 5.92 Å². The van der Waals surface area contributed by atoms with Gasteiger partial charge in [-0.3, -0.25) is 9.59 Å². The molecule has 0 aliphatic heterocycles. The number of anilines is 1. The van der Waals surface area contributed by atoms with Gasteiger partial charge in [-0.25, -0.2) is 0 Å². The summed E-state index contributed by atoms with van der Waals surface area (Å²) in [7, 11) is 0. The van der Waals surface area contributed by atoms with Crippen LogP contribution in [-0.4, -0.2) is 36.4 Å². The number of benzene rings is 1. The van der Waals surface area contributed by atoms with E-state index >= 15 is 0 Å². The topological polar surface area (TPSA) is 84.2 Å². The second-order valence-electron chi connectivity index (χ2n) is 5.68. The van der Waals surface area contributed by atoms with Gasteiger partial charge in [-0.1, -0.05) is 25.4 Å². The second-order valence-corrected chi connectivity index (χ2v) is 7.07. The summed E-state index contributed by atoms with van der Waals surface area (Å²) >= 11 is 7.78. The van der Waals surface area contributed by atoms with Gasteiger partial charge in [0.2, 0.25) is 5.91 Å². The zero-order valence-electron chi connectivity index (χ0n) is 14.1. The van der Waals surface area contributed by atoms with E-state index in [1.165, 1.54) is 0 Å². The minimum Gasteiger partial charge on any atom is -0.352 e. The van der Waals surface area contributed by atoms with Crippen molar-refractivity contribution < 1.29 is 9.59 Å². The highest BCUT2D eigenvalue weighted by Crippen LogP contribution is 2.21. The maximum atomic E-state index is 12.0. The van der Waals surface area contributed by atoms with E-state index in [1.54, 1.807) is 30.0 Å². The molecule has 0 bridgehead atoms. The number of halogens is 2. The van der Waals surface area contributed by atoms with Gasteiger partial charge < -0.3 is 16.4 Å². The molecule has 1 aromatic rings. The highest BCUT2D eigenvalue weighted by Gasteiger charge is 2.15. The lowest BCUT2D eigenvalue weighted by Crippen LogP contribution is -2.36. The molecule has 0 aliphatic carbocycles. The first-order chi connectivity index (χ1) is 10.8. The third kappa shape index (κ3) is 7.75. The predicted octanol–water partition coefficient (Wildman–Crippen LogP) is 3.17. The summed E-state index contributed by atoms with van der Waals surface area (Å²) < 4.78 is 0. The highest BCUT2D eigenvalue weighted by atomic mass is 35.5. The van der Waals surface area contributed by atoms with Crippen LogP contribution in [0.25, 0.3) is 0 Å². The number of hydrogen-bond donors (Lipinski definition) is 3. The summed E-state index contributed by atoms with van der Waals surface area (Å²) in [6.07, 6.45) is 2.57. The van der Waals surface area contributed by atoms with E-state index in [2.05, 4.69) is 10.6 Å². The van der Waals surface area contributed by atoms with Crippen molar-refractivity contribution in [2.24, 2.45) is 11.7 Å². The van der Waals surface area contributed by atoms with Crippen LogP contribution in [0.5, 0.6) is 0 Å². The number of nitrogens with one attached hydrogen (secondary N) is 2. The van der Waals surface area contributed by atoms with Crippen molar-refractivity contribution >= 4 is 53.3 Å². The summed E-state index contributed by atoms with van der Waals surface area (Å²) in [5.41, 5.74) is 6.73. The fourth-order valence-corrected chi connectivity index (χ4v) is 2.54. The first kappa shape index (κ1) is 23.1. The van der Waals surface area contributed by atoms with E-state index in [0.29, 0.717) is 35.2 Å². The lowest BCUT2D eigenvalue weighted by molar-refractivity contribution is -0.117. The lowest BCUT2D eigenvalue weighted by atomic mass is 10.1. The van der Waals surface area contributed by atoms with Gasteiger partial charge in [0.15, 0.2) is 0 Å². The lowest BCUT2D eigenvalue weighted by Gasteiger charge is -2.13. The van der Waals surface area contributed by atoms with Crippen LogP contribution in [0.2, 0.25) is 5.02 Å². The fourth-order valence-electron chi connectivity index (χ4n) is 1.78. The van der Waals surface area contributed by atoms with Gasteiger partial charge >= 0.3 is 0 Å². The molecule has 0 unspecified atom stereocenters. The number of hydrogen-bond acceptors (Lipinski definition) is 4. The second kappa shape index (κ2) is 11.6. The van der Waals surface area contributed by atoms with Crippen LogP contribution in [0.4, 0.5) is 5.69 Å². The molecule has 1 aromatic carbocycles. The monoisotopic (exact) mass is 393 g/mol. The van der Waals surface area contributed by atoms with E-state index in [-0.39, 0.29) is 24.2 Å². The molecule has 24 heavy (non-hydrogen) atoms. The molecular weight excluding hydrogens is 369 g/mol. The van der Waals surface area contributed by atoms with Crippen molar-refractivity contribution in [1.82, 2.24) is 5.32 Å². The Morgan fingerprint density at radius 2 is 2.00 bits per heavy atom. The standard InChI is InChI=1S/C16H24ClN3O2S.ClH/c1-10(2)9-19-15(21)12-5-4-11(8-13(12)17)20-16(22)14(18)6-7-23-3;/h4-5,8,10,14H,6-7,9,18H2,1-3H3,(H,19,21)(H,20,22);1H/t14-;/m0./s1. The summed E-state index contributed by atoms with van der Waals surface area (Å²) in [5.74, 6) is 0.703. The van der Waals surface area contributed by atoms with Gasteiger partial charge in [0.05, 0.1) is 16.6 Å². The average molecular weight is 394 g/mol. The van der Waals surface area contributed by atoms with Crippen molar-refractivity contribution in [1.29, 1.82) is 0 Å². The molecule has 0 spiro atoms. The third-order valence-corrected chi connectivity index (χ3v) is 4.08. The Balaban J connectivity index is 0.00000529. The van der Waals surface area contributed by atoms with Crippen LogP contribution in [0.3, 0.4) is 0 Å². The van der Waals surface area contributed by atoms with Crippen LogP contribution in [0.1, 0.15) is 30.6 Å². The van der Waals surface area contributed by atoms with Crippen LogP contribution < -0.4 is 16.4 Å². The zero-order chi connectivity index (χ0) is 17.4. The largest absolute Gasteiger partial charge is 0.352 e. The van der Waals surface area contributed by atoms with Crippen molar-refractivity contribution in [3.05, 3.63) is 28.8 Å². The van der Waals surface area contributed by atoms with Crippen LogP contribution >= 0.6 is 35.8 Å². The van der Waals surface area contributed by atoms with Gasteiger partial charge in [0.1, 0.15) is 0 Å². The number of carbonyl (C=O) groups excluding carboxylic acids is 2. The molecule has 0 aliphatic rings. The van der Waals surface area contributed by atoms with Gasteiger partial charge in [-0.15, -0.1) is 12.4 Å². The van der Waals surface area contributed by atoms with E-state index in [4.69, 9.17) is 17.3 Å². The van der Waals surface area contributed by atoms with E-state index < -0.39 is 6.04 Å². The molecule has 1 atom stereocenters. The summed E-state index contributed by atoms with van der Waals surface area (Å²) in [5, 5.41) is 5.82. The van der Waals surface area contributed by atoms with E-state index in [9.17, 15) is 9.59 Å². The van der Waals surface area contributed by atoms with Gasteiger partial charge in [0, 0.05) is 12.2 Å². The van der Waals surface area contributed by atoms with Crippen molar-refractivity contribution in [3.8, 4) is 0 Å².